The maximum absolute atomic E-state index is 5.47. The number of benzene rings is 2. The first kappa shape index (κ1) is 18.4. The first-order chi connectivity index (χ1) is 13.8. The summed E-state index contributed by atoms with van der Waals surface area (Å²) < 4.78 is 5.47. The lowest BCUT2D eigenvalue weighted by Gasteiger charge is -2.33. The van der Waals surface area contributed by atoms with E-state index in [0.29, 0.717) is 6.04 Å². The Bertz CT molecular complexity index is 900. The van der Waals surface area contributed by atoms with Gasteiger partial charge in [-0.3, -0.25) is 4.90 Å². The molecule has 1 atom stereocenters. The van der Waals surface area contributed by atoms with Gasteiger partial charge in [0.25, 0.3) is 0 Å². The summed E-state index contributed by atoms with van der Waals surface area (Å²) in [5, 5.41) is 3.61. The van der Waals surface area contributed by atoms with Crippen LogP contribution in [0.2, 0.25) is 0 Å². The molecule has 144 valence electrons. The number of anilines is 1. The number of nitrogens with one attached hydrogen (secondary N) is 1. The van der Waals surface area contributed by atoms with Gasteiger partial charge in [-0.05, 0) is 37.1 Å². The molecule has 1 aliphatic heterocycles. The second kappa shape index (κ2) is 8.85. The summed E-state index contributed by atoms with van der Waals surface area (Å²) in [6, 6.07) is 21.0. The summed E-state index contributed by atoms with van der Waals surface area (Å²) >= 11 is 0. The Balaban J connectivity index is 1.44. The van der Waals surface area contributed by atoms with E-state index in [9.17, 15) is 0 Å². The average Bonchev–Trinajstić information content (AvgIpc) is 2.75. The minimum Gasteiger partial charge on any atom is -0.496 e. The summed E-state index contributed by atoms with van der Waals surface area (Å²) in [7, 11) is 1.68. The quantitative estimate of drug-likeness (QED) is 0.700. The highest BCUT2D eigenvalue weighted by molar-refractivity contribution is 5.68. The number of rotatable bonds is 6. The molecule has 0 amide bonds. The van der Waals surface area contributed by atoms with Crippen molar-refractivity contribution < 1.29 is 4.74 Å². The number of hydrogen-bond donors (Lipinski definition) is 1. The molecule has 0 radical (unpaired) electrons. The van der Waals surface area contributed by atoms with Crippen LogP contribution < -0.4 is 10.1 Å². The number of aromatic nitrogens is 2. The highest BCUT2D eigenvalue weighted by atomic mass is 16.5. The Hall–Kier alpha value is -2.92. The summed E-state index contributed by atoms with van der Waals surface area (Å²) in [6.07, 6.45) is 3.96. The van der Waals surface area contributed by atoms with Crippen molar-refractivity contribution in [2.45, 2.75) is 25.4 Å². The third-order valence-corrected chi connectivity index (χ3v) is 5.16. The summed E-state index contributed by atoms with van der Waals surface area (Å²) in [4.78, 5) is 11.4. The molecule has 1 fully saturated rings. The van der Waals surface area contributed by atoms with Crippen molar-refractivity contribution in [3.8, 4) is 17.0 Å². The number of nitrogens with zero attached hydrogens (tertiary/aromatic N) is 3. The number of hydrogen-bond acceptors (Lipinski definition) is 5. The molecule has 2 aromatic carbocycles. The molecule has 5 nitrogen and oxygen atoms in total. The summed E-state index contributed by atoms with van der Waals surface area (Å²) in [5.41, 5.74) is 3.21. The van der Waals surface area contributed by atoms with E-state index in [0.717, 1.165) is 48.9 Å². The van der Waals surface area contributed by atoms with Crippen LogP contribution in [0.25, 0.3) is 11.3 Å². The van der Waals surface area contributed by atoms with Crippen LogP contribution in [0.15, 0.2) is 67.0 Å². The number of piperidine rings is 1. The molecule has 1 aliphatic rings. The Kier molecular flexibility index (Phi) is 5.83. The minimum atomic E-state index is 0.387. The van der Waals surface area contributed by atoms with Crippen LogP contribution >= 0.6 is 0 Å². The van der Waals surface area contributed by atoms with E-state index in [-0.39, 0.29) is 0 Å². The zero-order valence-corrected chi connectivity index (χ0v) is 16.2. The van der Waals surface area contributed by atoms with Gasteiger partial charge >= 0.3 is 0 Å². The molecule has 28 heavy (non-hydrogen) atoms. The fraction of sp³-hybridized carbons (Fsp3) is 0.304. The monoisotopic (exact) mass is 374 g/mol. The largest absolute Gasteiger partial charge is 0.496 e. The van der Waals surface area contributed by atoms with Gasteiger partial charge < -0.3 is 10.1 Å². The molecule has 1 unspecified atom stereocenters. The topological polar surface area (TPSA) is 50.3 Å². The number of likely N-dealkylation sites (tertiary alicyclic amines) is 1. The van der Waals surface area contributed by atoms with E-state index in [1.807, 2.05) is 30.3 Å². The smallest absolute Gasteiger partial charge is 0.130 e. The van der Waals surface area contributed by atoms with Crippen LogP contribution in [0.1, 0.15) is 18.4 Å². The van der Waals surface area contributed by atoms with E-state index in [4.69, 9.17) is 4.74 Å². The molecule has 1 N–H and O–H groups in total. The Morgan fingerprint density at radius 1 is 1.07 bits per heavy atom. The van der Waals surface area contributed by atoms with Crippen molar-refractivity contribution in [1.82, 2.24) is 14.9 Å². The van der Waals surface area contributed by atoms with Crippen LogP contribution in [0, 0.1) is 0 Å². The summed E-state index contributed by atoms with van der Waals surface area (Å²) in [6.45, 7) is 3.15. The van der Waals surface area contributed by atoms with Crippen molar-refractivity contribution in [2.24, 2.45) is 0 Å². The van der Waals surface area contributed by atoms with Gasteiger partial charge in [-0.2, -0.15) is 0 Å². The highest BCUT2D eigenvalue weighted by Gasteiger charge is 2.20. The molecule has 1 saturated heterocycles. The zero-order valence-electron chi connectivity index (χ0n) is 16.2. The van der Waals surface area contributed by atoms with Crippen molar-refractivity contribution in [2.75, 3.05) is 25.5 Å². The lowest BCUT2D eigenvalue weighted by atomic mass is 10.0. The molecular weight excluding hydrogens is 348 g/mol. The lowest BCUT2D eigenvalue weighted by Crippen LogP contribution is -2.41. The third kappa shape index (κ3) is 4.49. The molecule has 0 aliphatic carbocycles. The van der Waals surface area contributed by atoms with Crippen molar-refractivity contribution in [3.05, 3.63) is 72.6 Å². The third-order valence-electron chi connectivity index (χ3n) is 5.16. The fourth-order valence-electron chi connectivity index (χ4n) is 3.81. The zero-order chi connectivity index (χ0) is 19.2. The number of para-hydroxylation sites is 1. The van der Waals surface area contributed by atoms with Gasteiger partial charge in [-0.25, -0.2) is 9.97 Å². The second-order valence-electron chi connectivity index (χ2n) is 7.19. The van der Waals surface area contributed by atoms with Crippen molar-refractivity contribution in [3.63, 3.8) is 0 Å². The van der Waals surface area contributed by atoms with Crippen LogP contribution in [-0.2, 0) is 6.54 Å². The van der Waals surface area contributed by atoms with Gasteiger partial charge in [0.15, 0.2) is 0 Å². The first-order valence-electron chi connectivity index (χ1n) is 9.80. The number of ether oxygens (including phenoxy) is 1. The predicted octanol–water partition coefficient (Wildman–Crippen LogP) is 4.23. The highest BCUT2D eigenvalue weighted by Crippen LogP contribution is 2.29. The standard InChI is InChI=1S/C23H26N4O/c1-28-22-12-6-5-11-20(22)21-14-23(25-17-24-21)26-19-10-7-13-27(16-19)15-18-8-3-2-4-9-18/h2-6,8-9,11-12,14,17,19H,7,10,13,15-16H2,1H3,(H,24,25,26). The van der Waals surface area contributed by atoms with Crippen molar-refractivity contribution >= 4 is 5.82 Å². The molecule has 0 spiro atoms. The Morgan fingerprint density at radius 2 is 1.89 bits per heavy atom. The maximum Gasteiger partial charge on any atom is 0.130 e. The predicted molar refractivity (Wildman–Crippen MR) is 112 cm³/mol. The van der Waals surface area contributed by atoms with Gasteiger partial charge in [0.2, 0.25) is 0 Å². The first-order valence-corrected chi connectivity index (χ1v) is 9.80. The van der Waals surface area contributed by atoms with E-state index in [1.54, 1.807) is 13.4 Å². The fourth-order valence-corrected chi connectivity index (χ4v) is 3.81. The van der Waals surface area contributed by atoms with E-state index in [2.05, 4.69) is 50.5 Å². The normalized spacial score (nSPS) is 17.2. The van der Waals surface area contributed by atoms with E-state index >= 15 is 0 Å². The van der Waals surface area contributed by atoms with Crippen LogP contribution in [0.3, 0.4) is 0 Å². The van der Waals surface area contributed by atoms with Gasteiger partial charge in [0, 0.05) is 30.8 Å². The van der Waals surface area contributed by atoms with Crippen LogP contribution in [0.5, 0.6) is 5.75 Å². The van der Waals surface area contributed by atoms with Gasteiger partial charge in [0.1, 0.15) is 17.9 Å². The van der Waals surface area contributed by atoms with E-state index < -0.39 is 0 Å². The van der Waals surface area contributed by atoms with Gasteiger partial charge in [-0.15, -0.1) is 0 Å². The Morgan fingerprint density at radius 3 is 2.75 bits per heavy atom. The van der Waals surface area contributed by atoms with Crippen molar-refractivity contribution in [1.29, 1.82) is 0 Å². The van der Waals surface area contributed by atoms with Gasteiger partial charge in [-0.1, -0.05) is 42.5 Å². The molecule has 4 rings (SSSR count). The molecule has 0 saturated carbocycles. The molecule has 5 heteroatoms. The van der Waals surface area contributed by atoms with Crippen LogP contribution in [0.4, 0.5) is 5.82 Å². The maximum atomic E-state index is 5.47. The molecule has 0 bridgehead atoms. The summed E-state index contributed by atoms with van der Waals surface area (Å²) in [5.74, 6) is 1.68. The number of methoxy groups -OCH3 is 1. The SMILES string of the molecule is COc1ccccc1-c1cc(NC2CCCN(Cc3ccccc3)C2)ncn1. The molecule has 3 aromatic rings. The van der Waals surface area contributed by atoms with E-state index in [1.165, 1.54) is 12.0 Å². The Labute approximate surface area is 166 Å². The average molecular weight is 374 g/mol. The second-order valence-corrected chi connectivity index (χ2v) is 7.19. The molecular formula is C23H26N4O. The lowest BCUT2D eigenvalue weighted by molar-refractivity contribution is 0.208. The molecule has 2 heterocycles. The van der Waals surface area contributed by atoms with Gasteiger partial charge in [0.05, 0.1) is 12.8 Å². The van der Waals surface area contributed by atoms with Crippen LogP contribution in [-0.4, -0.2) is 41.1 Å². The minimum absolute atomic E-state index is 0.387. The molecule has 1 aromatic heterocycles.